The van der Waals surface area contributed by atoms with Crippen LogP contribution in [0.3, 0.4) is 0 Å². The van der Waals surface area contributed by atoms with E-state index < -0.39 is 0 Å². The number of carbonyl (C=O) groups excluding carboxylic acids is 1. The Balaban J connectivity index is 2.14. The number of amides is 1. The second kappa shape index (κ2) is 7.84. The molecule has 0 aliphatic rings. The van der Waals surface area contributed by atoms with Gasteiger partial charge in [0.15, 0.2) is 0 Å². The predicted octanol–water partition coefficient (Wildman–Crippen LogP) is 2.87. The van der Waals surface area contributed by atoms with Gasteiger partial charge in [0, 0.05) is 5.56 Å². The normalized spacial score (nSPS) is 10.5. The van der Waals surface area contributed by atoms with Crippen LogP contribution >= 0.6 is 11.8 Å². The fourth-order valence-corrected chi connectivity index (χ4v) is 2.47. The van der Waals surface area contributed by atoms with Gasteiger partial charge in [-0.2, -0.15) is 0 Å². The van der Waals surface area contributed by atoms with E-state index in [0.29, 0.717) is 28.9 Å². The number of aromatic nitrogens is 3. The average molecular weight is 320 g/mol. The maximum Gasteiger partial charge on any atom is 0.270 e. The maximum atomic E-state index is 12.4. The van der Waals surface area contributed by atoms with Crippen LogP contribution in [-0.4, -0.2) is 33.1 Å². The van der Waals surface area contributed by atoms with E-state index in [0.717, 1.165) is 12.2 Å². The summed E-state index contributed by atoms with van der Waals surface area (Å²) in [5, 5.41) is 8.71. The summed E-state index contributed by atoms with van der Waals surface area (Å²) in [7, 11) is 0. The number of rotatable bonds is 7. The zero-order valence-corrected chi connectivity index (χ0v) is 13.8. The third-order valence-electron chi connectivity index (χ3n) is 2.85. The molecule has 1 aromatic carbocycles. The Morgan fingerprint density at radius 2 is 2.18 bits per heavy atom. The van der Waals surface area contributed by atoms with E-state index in [1.807, 2.05) is 19.9 Å². The van der Waals surface area contributed by atoms with Gasteiger partial charge >= 0.3 is 0 Å². The number of hydrogen-bond donors (Lipinski definition) is 1. The van der Waals surface area contributed by atoms with Crippen LogP contribution in [0.25, 0.3) is 0 Å². The summed E-state index contributed by atoms with van der Waals surface area (Å²) in [5.41, 5.74) is 3.36. The molecule has 0 radical (unpaired) electrons. The zero-order valence-electron chi connectivity index (χ0n) is 13.0. The first kappa shape index (κ1) is 16.4. The molecule has 7 heteroatoms. The summed E-state index contributed by atoms with van der Waals surface area (Å²) >= 11 is 1.52. The number of benzene rings is 1. The molecule has 0 saturated carbocycles. The van der Waals surface area contributed by atoms with Crippen LogP contribution in [-0.2, 0) is 0 Å². The van der Waals surface area contributed by atoms with Gasteiger partial charge < -0.3 is 4.74 Å². The molecule has 22 heavy (non-hydrogen) atoms. The Kier molecular flexibility index (Phi) is 5.83. The first-order valence-electron chi connectivity index (χ1n) is 7.24. The van der Waals surface area contributed by atoms with Crippen molar-refractivity contribution in [2.24, 2.45) is 0 Å². The summed E-state index contributed by atoms with van der Waals surface area (Å²) in [4.78, 5) is 12.4. The van der Waals surface area contributed by atoms with Gasteiger partial charge in [-0.3, -0.25) is 10.2 Å². The molecule has 2 rings (SSSR count). The fraction of sp³-hybridized carbons (Fsp3) is 0.400. The Morgan fingerprint density at radius 3 is 2.91 bits per heavy atom. The summed E-state index contributed by atoms with van der Waals surface area (Å²) in [6, 6.07) is 7.13. The van der Waals surface area contributed by atoms with Gasteiger partial charge in [0.25, 0.3) is 5.91 Å². The lowest BCUT2D eigenvalue weighted by atomic mass is 10.2. The second-order valence-corrected chi connectivity index (χ2v) is 5.85. The van der Waals surface area contributed by atoms with E-state index in [9.17, 15) is 4.79 Å². The van der Waals surface area contributed by atoms with E-state index in [4.69, 9.17) is 4.74 Å². The van der Waals surface area contributed by atoms with Gasteiger partial charge in [-0.1, -0.05) is 31.7 Å². The van der Waals surface area contributed by atoms with Crippen LogP contribution in [0.1, 0.15) is 36.5 Å². The molecule has 6 nitrogen and oxygen atoms in total. The molecule has 0 saturated heterocycles. The first-order valence-corrected chi connectivity index (χ1v) is 8.23. The van der Waals surface area contributed by atoms with E-state index >= 15 is 0 Å². The summed E-state index contributed by atoms with van der Waals surface area (Å²) in [6.45, 7) is 6.49. The highest BCUT2D eigenvalue weighted by Gasteiger charge is 2.13. The molecule has 1 aromatic heterocycles. The minimum Gasteiger partial charge on any atom is -0.494 e. The lowest BCUT2D eigenvalue weighted by Gasteiger charge is -2.11. The quantitative estimate of drug-likeness (QED) is 0.794. The molecule has 0 atom stereocenters. The third-order valence-corrected chi connectivity index (χ3v) is 3.66. The fourth-order valence-electron chi connectivity index (χ4n) is 1.81. The molecule has 1 N–H and O–H groups in total. The van der Waals surface area contributed by atoms with Gasteiger partial charge in [0.1, 0.15) is 11.6 Å². The molecular formula is C15H20N4O2S. The van der Waals surface area contributed by atoms with Crippen molar-refractivity contribution in [1.82, 2.24) is 14.9 Å². The van der Waals surface area contributed by atoms with Crippen molar-refractivity contribution < 1.29 is 9.53 Å². The van der Waals surface area contributed by atoms with Gasteiger partial charge in [-0.25, -0.2) is 4.68 Å². The largest absolute Gasteiger partial charge is 0.494 e. The SMILES string of the molecule is CCCOc1cccc(C(=O)Nn2c(C)nnc2SCC)c1. The van der Waals surface area contributed by atoms with Crippen LogP contribution < -0.4 is 10.2 Å². The molecular weight excluding hydrogens is 300 g/mol. The van der Waals surface area contributed by atoms with Crippen LogP contribution in [0.15, 0.2) is 29.4 Å². The van der Waals surface area contributed by atoms with Gasteiger partial charge in [-0.05, 0) is 37.3 Å². The topological polar surface area (TPSA) is 69.0 Å². The highest BCUT2D eigenvalue weighted by molar-refractivity contribution is 7.99. The molecule has 1 heterocycles. The Bertz CT molecular complexity index is 642. The number of hydrogen-bond acceptors (Lipinski definition) is 5. The first-order chi connectivity index (χ1) is 10.7. The number of nitrogens with one attached hydrogen (secondary N) is 1. The Morgan fingerprint density at radius 1 is 1.36 bits per heavy atom. The molecule has 0 fully saturated rings. The Hall–Kier alpha value is -2.02. The predicted molar refractivity (Wildman–Crippen MR) is 87.1 cm³/mol. The van der Waals surface area contributed by atoms with E-state index in [1.54, 1.807) is 29.8 Å². The van der Waals surface area contributed by atoms with Crippen LogP contribution in [0.5, 0.6) is 5.75 Å². The van der Waals surface area contributed by atoms with Crippen molar-refractivity contribution in [3.05, 3.63) is 35.7 Å². The second-order valence-electron chi connectivity index (χ2n) is 4.62. The minimum atomic E-state index is -0.220. The number of ether oxygens (including phenoxy) is 1. The van der Waals surface area contributed by atoms with E-state index in [2.05, 4.69) is 15.6 Å². The van der Waals surface area contributed by atoms with Crippen molar-refractivity contribution in [3.8, 4) is 5.75 Å². The van der Waals surface area contributed by atoms with Gasteiger partial charge in [0.05, 0.1) is 6.61 Å². The van der Waals surface area contributed by atoms with Crippen molar-refractivity contribution in [2.75, 3.05) is 17.8 Å². The molecule has 1 amide bonds. The Labute approximate surface area is 134 Å². The van der Waals surface area contributed by atoms with Crippen molar-refractivity contribution >= 4 is 17.7 Å². The van der Waals surface area contributed by atoms with Crippen molar-refractivity contribution in [2.45, 2.75) is 32.3 Å². The van der Waals surface area contributed by atoms with Gasteiger partial charge in [0.2, 0.25) is 5.16 Å². The molecule has 0 bridgehead atoms. The summed E-state index contributed by atoms with van der Waals surface area (Å²) < 4.78 is 7.16. The maximum absolute atomic E-state index is 12.4. The molecule has 0 spiro atoms. The van der Waals surface area contributed by atoms with Crippen LogP contribution in [0.2, 0.25) is 0 Å². The van der Waals surface area contributed by atoms with E-state index in [1.165, 1.54) is 11.8 Å². The van der Waals surface area contributed by atoms with Gasteiger partial charge in [-0.15, -0.1) is 10.2 Å². The van der Waals surface area contributed by atoms with Crippen LogP contribution in [0.4, 0.5) is 0 Å². The molecule has 118 valence electrons. The number of carbonyl (C=O) groups is 1. The minimum absolute atomic E-state index is 0.220. The molecule has 2 aromatic rings. The number of aryl methyl sites for hydroxylation is 1. The molecule has 0 aliphatic carbocycles. The monoisotopic (exact) mass is 320 g/mol. The highest BCUT2D eigenvalue weighted by atomic mass is 32.2. The highest BCUT2D eigenvalue weighted by Crippen LogP contribution is 2.17. The molecule has 0 unspecified atom stereocenters. The van der Waals surface area contributed by atoms with Crippen molar-refractivity contribution in [1.29, 1.82) is 0 Å². The summed E-state index contributed by atoms with van der Waals surface area (Å²) in [5.74, 6) is 1.97. The number of thioether (sulfide) groups is 1. The molecule has 0 aliphatic heterocycles. The standard InChI is InChI=1S/C15H20N4O2S/c1-4-9-21-13-8-6-7-12(10-13)14(20)18-19-11(3)16-17-15(19)22-5-2/h6-8,10H,4-5,9H2,1-3H3,(H,18,20). The average Bonchev–Trinajstić information content (AvgIpc) is 2.87. The lowest BCUT2D eigenvalue weighted by molar-refractivity contribution is 0.100. The zero-order chi connectivity index (χ0) is 15.9. The van der Waals surface area contributed by atoms with E-state index in [-0.39, 0.29) is 5.91 Å². The summed E-state index contributed by atoms with van der Waals surface area (Å²) in [6.07, 6.45) is 0.925. The smallest absolute Gasteiger partial charge is 0.270 e. The van der Waals surface area contributed by atoms with Crippen LogP contribution in [0, 0.1) is 6.92 Å². The van der Waals surface area contributed by atoms with Crippen molar-refractivity contribution in [3.63, 3.8) is 0 Å². The number of nitrogens with zero attached hydrogens (tertiary/aromatic N) is 3. The lowest BCUT2D eigenvalue weighted by Crippen LogP contribution is -2.24. The third kappa shape index (κ3) is 4.00.